The van der Waals surface area contributed by atoms with Crippen LogP contribution in [0.3, 0.4) is 0 Å². The third-order valence-corrected chi connectivity index (χ3v) is 8.70. The summed E-state index contributed by atoms with van der Waals surface area (Å²) in [5.74, 6) is 2.57. The molecule has 0 aliphatic heterocycles. The average molecular weight is 328 g/mol. The van der Waals surface area contributed by atoms with Crippen molar-refractivity contribution in [3.05, 3.63) is 11.6 Å². The lowest BCUT2D eigenvalue weighted by molar-refractivity contribution is -0.0209. The van der Waals surface area contributed by atoms with Crippen LogP contribution in [0.5, 0.6) is 0 Å². The van der Waals surface area contributed by atoms with Crippen LogP contribution in [-0.4, -0.2) is 23.0 Å². The summed E-state index contributed by atoms with van der Waals surface area (Å²) in [6, 6.07) is 0.684. The first-order valence-corrected chi connectivity index (χ1v) is 10.5. The molecule has 5 rings (SSSR count). The maximum atomic E-state index is 10.1. The molecule has 0 aromatic rings. The zero-order valence-corrected chi connectivity index (χ0v) is 15.4. The number of allylic oxidation sites excluding steroid dienone is 1. The van der Waals surface area contributed by atoms with Gasteiger partial charge in [-0.05, 0) is 87.4 Å². The van der Waals surface area contributed by atoms with E-state index in [-0.39, 0.29) is 6.10 Å². The molecule has 4 fully saturated rings. The third kappa shape index (κ3) is 2.14. The molecule has 0 saturated heterocycles. The van der Waals surface area contributed by atoms with E-state index in [4.69, 9.17) is 4.99 Å². The van der Waals surface area contributed by atoms with Gasteiger partial charge >= 0.3 is 0 Å². The van der Waals surface area contributed by atoms with E-state index in [9.17, 15) is 5.11 Å². The first-order chi connectivity index (χ1) is 11.5. The molecular weight excluding hydrogens is 294 g/mol. The Kier molecular flexibility index (Phi) is 3.38. The number of aliphatic hydroxyl groups is 1. The van der Waals surface area contributed by atoms with E-state index in [1.165, 1.54) is 51.4 Å². The van der Waals surface area contributed by atoms with Gasteiger partial charge in [0.2, 0.25) is 0 Å². The van der Waals surface area contributed by atoms with Gasteiger partial charge in [0.05, 0.1) is 12.1 Å². The highest BCUT2D eigenvalue weighted by Crippen LogP contribution is 2.64. The molecule has 0 spiro atoms. The lowest BCUT2D eigenvalue weighted by Crippen LogP contribution is -2.50. The fraction of sp³-hybridized carbons (Fsp3) is 0.864. The minimum atomic E-state index is -0.0847. The summed E-state index contributed by atoms with van der Waals surface area (Å²) in [7, 11) is 0. The van der Waals surface area contributed by atoms with Gasteiger partial charge in [-0.1, -0.05) is 25.5 Å². The predicted octanol–water partition coefficient (Wildman–Crippen LogP) is 4.91. The van der Waals surface area contributed by atoms with Crippen molar-refractivity contribution < 1.29 is 5.11 Å². The van der Waals surface area contributed by atoms with Crippen LogP contribution in [0.1, 0.15) is 78.1 Å². The molecule has 132 valence electrons. The molecule has 1 N–H and O–H groups in total. The van der Waals surface area contributed by atoms with E-state index in [0.29, 0.717) is 16.9 Å². The first-order valence-electron chi connectivity index (χ1n) is 10.5. The minimum absolute atomic E-state index is 0.0847. The zero-order valence-electron chi connectivity index (χ0n) is 15.4. The molecule has 24 heavy (non-hydrogen) atoms. The molecule has 5 aliphatic carbocycles. The van der Waals surface area contributed by atoms with Gasteiger partial charge < -0.3 is 5.11 Å². The van der Waals surface area contributed by atoms with Crippen molar-refractivity contribution >= 4 is 5.71 Å². The van der Waals surface area contributed by atoms with Crippen LogP contribution in [-0.2, 0) is 0 Å². The minimum Gasteiger partial charge on any atom is -0.393 e. The first kappa shape index (κ1) is 15.6. The molecule has 4 saturated carbocycles. The molecule has 2 heteroatoms. The summed E-state index contributed by atoms with van der Waals surface area (Å²) in [6.45, 7) is 5.08. The van der Waals surface area contributed by atoms with Gasteiger partial charge in [-0.15, -0.1) is 0 Å². The number of rotatable bonds is 1. The van der Waals surface area contributed by atoms with E-state index in [0.717, 1.165) is 30.6 Å². The third-order valence-electron chi connectivity index (χ3n) is 8.70. The Bertz CT molecular complexity index is 603. The van der Waals surface area contributed by atoms with Gasteiger partial charge in [-0.2, -0.15) is 0 Å². The van der Waals surface area contributed by atoms with E-state index >= 15 is 0 Å². The molecular formula is C22H33NO. The molecule has 0 unspecified atom stereocenters. The SMILES string of the molecule is C[C@]12CC[C@H](O)CC1=CC[C@@H]1[C@@H]2CC[C@]2(C)C(=NC3CC3)CC[C@@H]12. The summed E-state index contributed by atoms with van der Waals surface area (Å²) in [6.07, 6.45) is 14.9. The molecule has 2 nitrogen and oxygen atoms in total. The fourth-order valence-electron chi connectivity index (χ4n) is 7.07. The molecule has 5 aliphatic rings. The van der Waals surface area contributed by atoms with Crippen LogP contribution in [0.25, 0.3) is 0 Å². The van der Waals surface area contributed by atoms with Crippen LogP contribution in [0.2, 0.25) is 0 Å². The Morgan fingerprint density at radius 3 is 2.54 bits per heavy atom. The van der Waals surface area contributed by atoms with Gasteiger partial charge in [0.1, 0.15) is 0 Å². The molecule has 6 atom stereocenters. The smallest absolute Gasteiger partial charge is 0.0577 e. The van der Waals surface area contributed by atoms with E-state index in [1.54, 1.807) is 11.3 Å². The van der Waals surface area contributed by atoms with E-state index in [2.05, 4.69) is 19.9 Å². The van der Waals surface area contributed by atoms with Crippen molar-refractivity contribution in [2.24, 2.45) is 33.6 Å². The number of hydrogen-bond donors (Lipinski definition) is 1. The monoisotopic (exact) mass is 327 g/mol. The summed E-state index contributed by atoms with van der Waals surface area (Å²) in [5, 5.41) is 10.1. The van der Waals surface area contributed by atoms with Crippen LogP contribution in [0.4, 0.5) is 0 Å². The van der Waals surface area contributed by atoms with Crippen molar-refractivity contribution in [3.63, 3.8) is 0 Å². The summed E-state index contributed by atoms with van der Waals surface area (Å²) < 4.78 is 0. The molecule has 0 amide bonds. The topological polar surface area (TPSA) is 32.6 Å². The fourth-order valence-corrected chi connectivity index (χ4v) is 7.07. The van der Waals surface area contributed by atoms with Gasteiger partial charge in [-0.3, -0.25) is 4.99 Å². The lowest BCUT2D eigenvalue weighted by atomic mass is 9.48. The van der Waals surface area contributed by atoms with Gasteiger partial charge in [0, 0.05) is 11.1 Å². The number of nitrogens with zero attached hydrogens (tertiary/aromatic N) is 1. The molecule has 0 heterocycles. The molecule has 0 aromatic carbocycles. The van der Waals surface area contributed by atoms with E-state index < -0.39 is 0 Å². The van der Waals surface area contributed by atoms with Crippen molar-refractivity contribution in [2.45, 2.75) is 90.2 Å². The van der Waals surface area contributed by atoms with Crippen molar-refractivity contribution in [1.82, 2.24) is 0 Å². The Hall–Kier alpha value is -0.630. The van der Waals surface area contributed by atoms with Crippen LogP contribution in [0, 0.1) is 28.6 Å². The maximum Gasteiger partial charge on any atom is 0.0577 e. The Balaban J connectivity index is 1.46. The van der Waals surface area contributed by atoms with Crippen LogP contribution in [0.15, 0.2) is 16.6 Å². The normalized spacial score (nSPS) is 52.5. The highest BCUT2D eigenvalue weighted by atomic mass is 16.3. The van der Waals surface area contributed by atoms with Crippen molar-refractivity contribution in [3.8, 4) is 0 Å². The van der Waals surface area contributed by atoms with Gasteiger partial charge in [-0.25, -0.2) is 0 Å². The Morgan fingerprint density at radius 2 is 1.75 bits per heavy atom. The van der Waals surface area contributed by atoms with Gasteiger partial charge in [0.15, 0.2) is 0 Å². The maximum absolute atomic E-state index is 10.1. The standard InChI is InChI=1S/C22H33NO/c1-21-11-9-16(24)13-14(21)3-6-17-18-7-8-20(23-15-4-5-15)22(18,2)12-10-19(17)21/h3,15-19,24H,4-13H2,1-2H3/t16-,17-,18-,19-,21-,22-/m0/s1. The van der Waals surface area contributed by atoms with Gasteiger partial charge in [0.25, 0.3) is 0 Å². The summed E-state index contributed by atoms with van der Waals surface area (Å²) in [4.78, 5) is 5.16. The Morgan fingerprint density at radius 1 is 1.00 bits per heavy atom. The molecule has 0 aromatic heterocycles. The van der Waals surface area contributed by atoms with Crippen molar-refractivity contribution in [2.75, 3.05) is 0 Å². The van der Waals surface area contributed by atoms with Crippen LogP contribution < -0.4 is 0 Å². The quantitative estimate of drug-likeness (QED) is 0.682. The van der Waals surface area contributed by atoms with Crippen LogP contribution >= 0.6 is 0 Å². The molecule has 0 radical (unpaired) electrons. The predicted molar refractivity (Wildman–Crippen MR) is 98.2 cm³/mol. The summed E-state index contributed by atoms with van der Waals surface area (Å²) in [5.41, 5.74) is 3.96. The Labute approximate surface area is 146 Å². The highest BCUT2D eigenvalue weighted by Gasteiger charge is 2.57. The average Bonchev–Trinajstić information content (AvgIpc) is 3.31. The second-order valence-electron chi connectivity index (χ2n) is 9.96. The number of aliphatic hydroxyl groups excluding tert-OH is 1. The van der Waals surface area contributed by atoms with E-state index in [1.807, 2.05) is 0 Å². The molecule has 0 bridgehead atoms. The number of fused-ring (bicyclic) bond motifs is 5. The second kappa shape index (κ2) is 5.19. The number of hydrogen-bond acceptors (Lipinski definition) is 2. The number of aliphatic imine (C=N–C) groups is 1. The highest BCUT2D eigenvalue weighted by molar-refractivity contribution is 5.92. The second-order valence-corrected chi connectivity index (χ2v) is 9.96. The summed E-state index contributed by atoms with van der Waals surface area (Å²) >= 11 is 0. The largest absolute Gasteiger partial charge is 0.393 e. The zero-order chi connectivity index (χ0) is 16.5. The lowest BCUT2D eigenvalue weighted by Gasteiger charge is -2.57. The van der Waals surface area contributed by atoms with Crippen molar-refractivity contribution in [1.29, 1.82) is 0 Å².